The Labute approximate surface area is 124 Å². The van der Waals surface area contributed by atoms with Crippen molar-refractivity contribution in [2.75, 3.05) is 39.3 Å². The molecule has 1 heterocycles. The van der Waals surface area contributed by atoms with Crippen molar-refractivity contribution in [3.63, 3.8) is 0 Å². The summed E-state index contributed by atoms with van der Waals surface area (Å²) in [7, 11) is 4.60. The van der Waals surface area contributed by atoms with Gasteiger partial charge in [-0.1, -0.05) is 0 Å². The van der Waals surface area contributed by atoms with Crippen LogP contribution >= 0.6 is 0 Å². The van der Waals surface area contributed by atoms with Crippen molar-refractivity contribution >= 4 is 11.7 Å². The second kappa shape index (κ2) is 6.67. The summed E-state index contributed by atoms with van der Waals surface area (Å²) in [5, 5.41) is 0. The molecule has 116 valence electrons. The lowest BCUT2D eigenvalue weighted by Crippen LogP contribution is -2.49. The highest BCUT2D eigenvalue weighted by atomic mass is 16.5. The van der Waals surface area contributed by atoms with E-state index >= 15 is 0 Å². The van der Waals surface area contributed by atoms with Crippen molar-refractivity contribution in [1.82, 2.24) is 0 Å². The molecule has 0 aromatic heterocycles. The molecule has 6 heteroatoms. The molecule has 21 heavy (non-hydrogen) atoms. The van der Waals surface area contributed by atoms with Gasteiger partial charge in [0, 0.05) is 30.9 Å². The van der Waals surface area contributed by atoms with Crippen LogP contribution in [0.4, 0.5) is 5.69 Å². The zero-order chi connectivity index (χ0) is 15.4. The average Bonchev–Trinajstić information content (AvgIpc) is 2.52. The van der Waals surface area contributed by atoms with Gasteiger partial charge in [-0.05, 0) is 18.6 Å². The summed E-state index contributed by atoms with van der Waals surface area (Å²) in [6.07, 6.45) is 0.649. The molecular formula is C15H22N2O4. The van der Waals surface area contributed by atoms with Crippen LogP contribution in [0.25, 0.3) is 0 Å². The number of hydrogen-bond donors (Lipinski definition) is 1. The summed E-state index contributed by atoms with van der Waals surface area (Å²) in [6.45, 7) is 1.29. The number of rotatable bonds is 4. The van der Waals surface area contributed by atoms with E-state index in [1.54, 1.807) is 14.2 Å². The van der Waals surface area contributed by atoms with E-state index in [9.17, 15) is 4.79 Å². The summed E-state index contributed by atoms with van der Waals surface area (Å²) < 4.78 is 15.4. The lowest BCUT2D eigenvalue weighted by atomic mass is 9.94. The van der Waals surface area contributed by atoms with Crippen LogP contribution in [0.2, 0.25) is 0 Å². The molecule has 1 fully saturated rings. The van der Waals surface area contributed by atoms with Gasteiger partial charge < -0.3 is 24.8 Å². The maximum atomic E-state index is 11.8. The van der Waals surface area contributed by atoms with Crippen molar-refractivity contribution in [1.29, 1.82) is 0 Å². The molecule has 2 rings (SSSR count). The van der Waals surface area contributed by atoms with E-state index in [1.807, 2.05) is 18.2 Å². The number of anilines is 1. The molecule has 2 N–H and O–H groups in total. The van der Waals surface area contributed by atoms with Gasteiger partial charge in [0.15, 0.2) is 11.5 Å². The maximum Gasteiger partial charge on any atom is 0.310 e. The van der Waals surface area contributed by atoms with E-state index < -0.39 is 0 Å². The third-order valence-corrected chi connectivity index (χ3v) is 3.75. The van der Waals surface area contributed by atoms with E-state index in [4.69, 9.17) is 19.9 Å². The van der Waals surface area contributed by atoms with Crippen LogP contribution in [0.15, 0.2) is 18.2 Å². The summed E-state index contributed by atoms with van der Waals surface area (Å²) >= 11 is 0. The maximum absolute atomic E-state index is 11.8. The van der Waals surface area contributed by atoms with Gasteiger partial charge >= 0.3 is 5.97 Å². The van der Waals surface area contributed by atoms with Crippen LogP contribution in [0, 0.1) is 5.92 Å². The molecule has 1 aromatic rings. The van der Waals surface area contributed by atoms with Crippen LogP contribution in [0.5, 0.6) is 11.5 Å². The van der Waals surface area contributed by atoms with Gasteiger partial charge in [0.2, 0.25) is 0 Å². The first kappa shape index (κ1) is 15.4. The Kier molecular flexibility index (Phi) is 4.90. The number of esters is 1. The number of piperidine rings is 1. The molecule has 0 aliphatic carbocycles. The molecule has 2 atom stereocenters. The van der Waals surface area contributed by atoms with E-state index in [0.29, 0.717) is 31.0 Å². The van der Waals surface area contributed by atoms with Crippen LogP contribution in [0.1, 0.15) is 6.42 Å². The number of benzene rings is 1. The Balaban J connectivity index is 2.22. The van der Waals surface area contributed by atoms with Gasteiger partial charge in [-0.2, -0.15) is 0 Å². The van der Waals surface area contributed by atoms with Crippen LogP contribution in [0.3, 0.4) is 0 Å². The lowest BCUT2D eigenvalue weighted by Gasteiger charge is -2.36. The SMILES string of the molecule is COC(=O)C1CC(N)CN(c2ccc(OC)c(OC)c2)C1. The van der Waals surface area contributed by atoms with Crippen molar-refractivity contribution < 1.29 is 19.0 Å². The zero-order valence-corrected chi connectivity index (χ0v) is 12.7. The second-order valence-electron chi connectivity index (χ2n) is 5.16. The molecule has 0 radical (unpaired) electrons. The predicted molar refractivity (Wildman–Crippen MR) is 79.9 cm³/mol. The summed E-state index contributed by atoms with van der Waals surface area (Å²) in [5.41, 5.74) is 7.02. The molecule has 1 aliphatic heterocycles. The highest BCUT2D eigenvalue weighted by Crippen LogP contribution is 2.33. The summed E-state index contributed by atoms with van der Waals surface area (Å²) in [6, 6.07) is 5.62. The molecule has 0 saturated carbocycles. The van der Waals surface area contributed by atoms with Crippen LogP contribution < -0.4 is 20.1 Å². The first-order valence-corrected chi connectivity index (χ1v) is 6.89. The number of nitrogens with zero attached hydrogens (tertiary/aromatic N) is 1. The Morgan fingerprint density at radius 2 is 1.90 bits per heavy atom. The fourth-order valence-corrected chi connectivity index (χ4v) is 2.71. The largest absolute Gasteiger partial charge is 0.493 e. The molecule has 0 bridgehead atoms. The molecule has 1 aromatic carbocycles. The standard InChI is InChI=1S/C15H22N2O4/c1-19-13-5-4-12(7-14(13)20-2)17-8-10(15(18)21-3)6-11(16)9-17/h4-5,7,10-11H,6,8-9,16H2,1-3H3. The lowest BCUT2D eigenvalue weighted by molar-refractivity contribution is -0.145. The molecular weight excluding hydrogens is 272 g/mol. The molecule has 1 saturated heterocycles. The first-order valence-electron chi connectivity index (χ1n) is 6.89. The van der Waals surface area contributed by atoms with E-state index in [-0.39, 0.29) is 17.9 Å². The minimum absolute atomic E-state index is 0.0593. The molecule has 0 amide bonds. The number of hydrogen-bond acceptors (Lipinski definition) is 6. The van der Waals surface area contributed by atoms with Gasteiger partial charge in [0.05, 0.1) is 27.2 Å². The average molecular weight is 294 g/mol. The van der Waals surface area contributed by atoms with E-state index in [0.717, 1.165) is 5.69 Å². The zero-order valence-electron chi connectivity index (χ0n) is 12.7. The predicted octanol–water partition coefficient (Wildman–Crippen LogP) is 1.03. The Hall–Kier alpha value is -1.95. The Morgan fingerprint density at radius 3 is 2.52 bits per heavy atom. The Bertz CT molecular complexity index is 506. The normalized spacial score (nSPS) is 21.8. The molecule has 1 aliphatic rings. The van der Waals surface area contributed by atoms with Crippen molar-refractivity contribution in [3.05, 3.63) is 18.2 Å². The fourth-order valence-electron chi connectivity index (χ4n) is 2.71. The van der Waals surface area contributed by atoms with Gasteiger partial charge in [-0.15, -0.1) is 0 Å². The monoisotopic (exact) mass is 294 g/mol. The van der Waals surface area contributed by atoms with Gasteiger partial charge in [-0.25, -0.2) is 0 Å². The smallest absolute Gasteiger partial charge is 0.310 e. The third kappa shape index (κ3) is 3.39. The van der Waals surface area contributed by atoms with Crippen LogP contribution in [-0.4, -0.2) is 46.4 Å². The topological polar surface area (TPSA) is 74.0 Å². The fraction of sp³-hybridized carbons (Fsp3) is 0.533. The number of carbonyl (C=O) groups excluding carboxylic acids is 1. The second-order valence-corrected chi connectivity index (χ2v) is 5.16. The first-order chi connectivity index (χ1) is 10.1. The van der Waals surface area contributed by atoms with Gasteiger partial charge in [0.1, 0.15) is 0 Å². The number of nitrogens with two attached hydrogens (primary N) is 1. The minimum atomic E-state index is -0.212. The molecule has 0 spiro atoms. The summed E-state index contributed by atoms with van der Waals surface area (Å²) in [4.78, 5) is 13.8. The third-order valence-electron chi connectivity index (χ3n) is 3.75. The quantitative estimate of drug-likeness (QED) is 0.836. The van der Waals surface area contributed by atoms with Crippen molar-refractivity contribution in [2.45, 2.75) is 12.5 Å². The number of methoxy groups -OCH3 is 3. The van der Waals surface area contributed by atoms with E-state index in [2.05, 4.69) is 4.90 Å². The molecule has 2 unspecified atom stereocenters. The summed E-state index contributed by atoms with van der Waals surface area (Å²) in [5.74, 6) is 0.915. The van der Waals surface area contributed by atoms with Crippen molar-refractivity contribution in [2.24, 2.45) is 11.7 Å². The van der Waals surface area contributed by atoms with Crippen molar-refractivity contribution in [3.8, 4) is 11.5 Å². The minimum Gasteiger partial charge on any atom is -0.493 e. The highest BCUT2D eigenvalue weighted by molar-refractivity contribution is 5.74. The van der Waals surface area contributed by atoms with Crippen LogP contribution in [-0.2, 0) is 9.53 Å². The van der Waals surface area contributed by atoms with Gasteiger partial charge in [0.25, 0.3) is 0 Å². The van der Waals surface area contributed by atoms with Gasteiger partial charge in [-0.3, -0.25) is 4.79 Å². The molecule has 6 nitrogen and oxygen atoms in total. The van der Waals surface area contributed by atoms with E-state index in [1.165, 1.54) is 7.11 Å². The number of carbonyl (C=O) groups is 1. The number of ether oxygens (including phenoxy) is 3. The Morgan fingerprint density at radius 1 is 1.19 bits per heavy atom. The highest BCUT2D eigenvalue weighted by Gasteiger charge is 2.31.